The lowest BCUT2D eigenvalue weighted by Crippen LogP contribution is -2.27. The fourth-order valence-corrected chi connectivity index (χ4v) is 1.55. The number of hydrogen-bond donors (Lipinski definition) is 1. The van der Waals surface area contributed by atoms with Crippen molar-refractivity contribution in [3.63, 3.8) is 0 Å². The molecule has 64 valence electrons. The molecule has 1 saturated heterocycles. The quantitative estimate of drug-likeness (QED) is 0.640. The highest BCUT2D eigenvalue weighted by atomic mass is 32.2. The van der Waals surface area contributed by atoms with E-state index in [4.69, 9.17) is 9.29 Å². The van der Waals surface area contributed by atoms with Crippen molar-refractivity contribution >= 4 is 18.1 Å². The summed E-state index contributed by atoms with van der Waals surface area (Å²) < 4.78 is 5.19. The predicted molar refractivity (Wildman–Crippen MR) is 42.6 cm³/mol. The van der Waals surface area contributed by atoms with E-state index in [0.717, 1.165) is 6.42 Å². The molecule has 0 spiro atoms. The largest absolute Gasteiger partial charge is 0.465 e. The smallest absolute Gasteiger partial charge is 0.407 e. The Bertz CT molecular complexity index is 153. The minimum Gasteiger partial charge on any atom is -0.465 e. The van der Waals surface area contributed by atoms with E-state index in [2.05, 4.69) is 0 Å². The summed E-state index contributed by atoms with van der Waals surface area (Å²) in [5.41, 5.74) is 0. The standard InChI is InChI=1S/C6H11NO3S/c1-11-10-5-2-3-7(4-5)6(8)9/h5H,2-4H2,1H3,(H,8,9)/t5-/m0/s1. The first-order valence-electron chi connectivity index (χ1n) is 3.41. The Morgan fingerprint density at radius 1 is 1.82 bits per heavy atom. The van der Waals surface area contributed by atoms with Gasteiger partial charge in [0.15, 0.2) is 0 Å². The Hall–Kier alpha value is -0.420. The second-order valence-corrected chi connectivity index (χ2v) is 2.93. The number of amides is 1. The Balaban J connectivity index is 2.29. The highest BCUT2D eigenvalue weighted by Crippen LogP contribution is 2.16. The first-order chi connectivity index (χ1) is 5.24. The predicted octanol–water partition coefficient (Wildman–Crippen LogP) is 1.03. The lowest BCUT2D eigenvalue weighted by molar-refractivity contribution is 0.149. The van der Waals surface area contributed by atoms with E-state index in [1.807, 2.05) is 6.26 Å². The molecular weight excluding hydrogens is 166 g/mol. The van der Waals surface area contributed by atoms with Gasteiger partial charge in [-0.1, -0.05) is 0 Å². The molecule has 0 bridgehead atoms. The first kappa shape index (κ1) is 8.67. The minimum absolute atomic E-state index is 0.0844. The lowest BCUT2D eigenvalue weighted by Gasteiger charge is -2.10. The average Bonchev–Trinajstić information content (AvgIpc) is 2.37. The van der Waals surface area contributed by atoms with Crippen molar-refractivity contribution in [3.8, 4) is 0 Å². The molecule has 0 saturated carbocycles. The molecule has 0 aromatic heterocycles. The van der Waals surface area contributed by atoms with Gasteiger partial charge in [0.1, 0.15) is 0 Å². The summed E-state index contributed by atoms with van der Waals surface area (Å²) in [6, 6.07) is 0. The number of carboxylic acid groups (broad SMARTS) is 1. The van der Waals surface area contributed by atoms with Crippen molar-refractivity contribution in [3.05, 3.63) is 0 Å². The molecule has 1 aliphatic heterocycles. The SMILES string of the molecule is CSO[C@H]1CCN(C(=O)O)C1. The van der Waals surface area contributed by atoms with Gasteiger partial charge >= 0.3 is 6.09 Å². The van der Waals surface area contributed by atoms with Crippen LogP contribution in [0.25, 0.3) is 0 Å². The topological polar surface area (TPSA) is 49.8 Å². The summed E-state index contributed by atoms with van der Waals surface area (Å²) in [5, 5.41) is 8.56. The third kappa shape index (κ3) is 2.27. The van der Waals surface area contributed by atoms with Crippen LogP contribution < -0.4 is 0 Å². The maximum atomic E-state index is 10.4. The van der Waals surface area contributed by atoms with E-state index in [1.165, 1.54) is 16.9 Å². The second kappa shape index (κ2) is 3.82. The molecule has 1 N–H and O–H groups in total. The van der Waals surface area contributed by atoms with Crippen LogP contribution in [0.2, 0.25) is 0 Å². The summed E-state index contributed by atoms with van der Waals surface area (Å²) in [5.74, 6) is 0. The number of hydrogen-bond acceptors (Lipinski definition) is 3. The highest BCUT2D eigenvalue weighted by molar-refractivity contribution is 7.93. The molecule has 4 nitrogen and oxygen atoms in total. The van der Waals surface area contributed by atoms with Gasteiger partial charge in [-0.05, 0) is 18.5 Å². The number of carbonyl (C=O) groups is 1. The molecule has 1 atom stereocenters. The molecule has 1 aliphatic rings. The fraction of sp³-hybridized carbons (Fsp3) is 0.833. The van der Waals surface area contributed by atoms with Crippen molar-refractivity contribution < 1.29 is 14.1 Å². The molecule has 5 heteroatoms. The summed E-state index contributed by atoms with van der Waals surface area (Å²) in [6.07, 6.45) is 1.88. The molecule has 0 aliphatic carbocycles. The van der Waals surface area contributed by atoms with Gasteiger partial charge in [-0.25, -0.2) is 4.79 Å². The van der Waals surface area contributed by atoms with E-state index >= 15 is 0 Å². The van der Waals surface area contributed by atoms with Crippen LogP contribution in [0.15, 0.2) is 0 Å². The maximum Gasteiger partial charge on any atom is 0.407 e. The van der Waals surface area contributed by atoms with Crippen LogP contribution in [-0.2, 0) is 4.18 Å². The van der Waals surface area contributed by atoms with Crippen LogP contribution in [0.4, 0.5) is 4.79 Å². The van der Waals surface area contributed by atoms with E-state index in [1.54, 1.807) is 0 Å². The molecule has 1 rings (SSSR count). The third-order valence-corrected chi connectivity index (χ3v) is 2.11. The second-order valence-electron chi connectivity index (χ2n) is 2.40. The summed E-state index contributed by atoms with van der Waals surface area (Å²) in [7, 11) is 0. The van der Waals surface area contributed by atoms with Crippen molar-refractivity contribution in [2.24, 2.45) is 0 Å². The van der Waals surface area contributed by atoms with Gasteiger partial charge < -0.3 is 14.2 Å². The Labute approximate surface area is 69.7 Å². The van der Waals surface area contributed by atoms with Crippen LogP contribution in [0.1, 0.15) is 6.42 Å². The van der Waals surface area contributed by atoms with Gasteiger partial charge in [-0.2, -0.15) is 0 Å². The summed E-state index contributed by atoms with van der Waals surface area (Å²) in [6.45, 7) is 1.11. The van der Waals surface area contributed by atoms with Gasteiger partial charge in [-0.3, -0.25) is 0 Å². The molecule has 1 fully saturated rings. The van der Waals surface area contributed by atoms with E-state index < -0.39 is 6.09 Å². The van der Waals surface area contributed by atoms with Gasteiger partial charge in [0, 0.05) is 12.8 Å². The van der Waals surface area contributed by atoms with Crippen molar-refractivity contribution in [1.29, 1.82) is 0 Å². The van der Waals surface area contributed by atoms with Crippen molar-refractivity contribution in [2.45, 2.75) is 12.5 Å². The molecule has 0 aromatic rings. The molecule has 1 amide bonds. The maximum absolute atomic E-state index is 10.4. The zero-order valence-electron chi connectivity index (χ0n) is 6.32. The van der Waals surface area contributed by atoms with Crippen LogP contribution in [-0.4, -0.2) is 41.5 Å². The monoisotopic (exact) mass is 177 g/mol. The highest BCUT2D eigenvalue weighted by Gasteiger charge is 2.26. The molecule has 1 heterocycles. The zero-order chi connectivity index (χ0) is 8.27. The number of rotatable bonds is 2. The number of nitrogens with zero attached hydrogens (tertiary/aromatic N) is 1. The van der Waals surface area contributed by atoms with Gasteiger partial charge in [-0.15, -0.1) is 0 Å². The van der Waals surface area contributed by atoms with E-state index in [0.29, 0.717) is 13.1 Å². The Morgan fingerprint density at radius 2 is 2.55 bits per heavy atom. The van der Waals surface area contributed by atoms with E-state index in [9.17, 15) is 4.79 Å². The molecule has 0 aromatic carbocycles. The lowest BCUT2D eigenvalue weighted by atomic mass is 10.3. The number of likely N-dealkylation sites (tertiary alicyclic amines) is 1. The van der Waals surface area contributed by atoms with Crippen LogP contribution in [0.5, 0.6) is 0 Å². The van der Waals surface area contributed by atoms with E-state index in [-0.39, 0.29) is 6.10 Å². The minimum atomic E-state index is -0.850. The average molecular weight is 177 g/mol. The summed E-state index contributed by atoms with van der Waals surface area (Å²) >= 11 is 1.29. The normalized spacial score (nSPS) is 24.1. The zero-order valence-corrected chi connectivity index (χ0v) is 7.13. The van der Waals surface area contributed by atoms with Crippen LogP contribution >= 0.6 is 12.0 Å². The molecule has 0 radical (unpaired) electrons. The van der Waals surface area contributed by atoms with Gasteiger partial charge in [0.2, 0.25) is 0 Å². The van der Waals surface area contributed by atoms with Crippen molar-refractivity contribution in [2.75, 3.05) is 19.3 Å². The Kier molecular flexibility index (Phi) is 3.02. The molecular formula is C6H11NO3S. The van der Waals surface area contributed by atoms with Crippen molar-refractivity contribution in [1.82, 2.24) is 4.90 Å². The summed E-state index contributed by atoms with van der Waals surface area (Å²) in [4.78, 5) is 11.8. The van der Waals surface area contributed by atoms with Crippen LogP contribution in [0.3, 0.4) is 0 Å². The third-order valence-electron chi connectivity index (χ3n) is 1.65. The first-order valence-corrected chi connectivity index (χ1v) is 4.56. The molecule has 11 heavy (non-hydrogen) atoms. The van der Waals surface area contributed by atoms with Crippen LogP contribution in [0, 0.1) is 0 Å². The molecule has 0 unspecified atom stereocenters. The van der Waals surface area contributed by atoms with Gasteiger partial charge in [0.05, 0.1) is 12.6 Å². The van der Waals surface area contributed by atoms with Gasteiger partial charge in [0.25, 0.3) is 0 Å². The Morgan fingerprint density at radius 3 is 3.00 bits per heavy atom. The fourth-order valence-electron chi connectivity index (χ4n) is 1.12.